The van der Waals surface area contributed by atoms with E-state index in [2.05, 4.69) is 15.6 Å². The number of hydrogen-bond donors (Lipinski definition) is 2. The molecule has 4 rings (SSSR count). The van der Waals surface area contributed by atoms with Crippen LogP contribution in [0.1, 0.15) is 48.3 Å². The van der Waals surface area contributed by atoms with E-state index in [-0.39, 0.29) is 17.6 Å². The zero-order chi connectivity index (χ0) is 25.2. The van der Waals surface area contributed by atoms with Crippen molar-refractivity contribution in [2.24, 2.45) is 0 Å². The van der Waals surface area contributed by atoms with Gasteiger partial charge in [-0.05, 0) is 51.2 Å². The molecule has 1 aromatic carbocycles. The van der Waals surface area contributed by atoms with Gasteiger partial charge in [0.25, 0.3) is 0 Å². The lowest BCUT2D eigenvalue weighted by Crippen LogP contribution is -2.39. The summed E-state index contributed by atoms with van der Waals surface area (Å²) in [5, 5.41) is 5.90. The molecule has 2 N–H and O–H groups in total. The second-order valence-corrected chi connectivity index (χ2v) is 8.29. The molecule has 1 atom stereocenters. The first-order valence-electron chi connectivity index (χ1n) is 11.7. The van der Waals surface area contributed by atoms with Crippen molar-refractivity contribution in [3.63, 3.8) is 0 Å². The van der Waals surface area contributed by atoms with Crippen molar-refractivity contribution in [2.45, 2.75) is 32.1 Å². The highest BCUT2D eigenvalue weighted by Gasteiger charge is 2.26. The summed E-state index contributed by atoms with van der Waals surface area (Å²) in [6.07, 6.45) is 6.06. The van der Waals surface area contributed by atoms with E-state index in [1.165, 1.54) is 18.3 Å². The van der Waals surface area contributed by atoms with Crippen molar-refractivity contribution in [1.29, 1.82) is 0 Å². The maximum Gasteiger partial charge on any atom is 0.222 e. The topological polar surface area (TPSA) is 100 Å². The molecule has 1 aliphatic heterocycles. The second kappa shape index (κ2) is 12.7. The lowest BCUT2D eigenvalue weighted by molar-refractivity contribution is -0.132. The van der Waals surface area contributed by atoms with Gasteiger partial charge in [-0.3, -0.25) is 14.6 Å². The Bertz CT molecular complexity index is 1160. The lowest BCUT2D eigenvalue weighted by Gasteiger charge is -2.32. The Morgan fingerprint density at radius 3 is 2.71 bits per heavy atom. The Balaban J connectivity index is 0.00000108. The van der Waals surface area contributed by atoms with Gasteiger partial charge in [0, 0.05) is 60.7 Å². The first-order valence-corrected chi connectivity index (χ1v) is 11.7. The smallest absolute Gasteiger partial charge is 0.222 e. The molecule has 1 aliphatic rings. The van der Waals surface area contributed by atoms with E-state index in [0.29, 0.717) is 47.1 Å². The normalized spacial score (nSPS) is 15.1. The van der Waals surface area contributed by atoms with E-state index in [0.717, 1.165) is 25.7 Å². The van der Waals surface area contributed by atoms with Crippen LogP contribution in [0.5, 0.6) is 0 Å². The number of halogens is 1. The zero-order valence-corrected chi connectivity index (χ0v) is 20.3. The highest BCUT2D eigenvalue weighted by atomic mass is 19.1. The number of amides is 1. The number of carbonyl (C=O) groups excluding carboxylic acids is 2. The van der Waals surface area contributed by atoms with Gasteiger partial charge in [-0.15, -0.1) is 0 Å². The molecule has 0 radical (unpaired) electrons. The summed E-state index contributed by atoms with van der Waals surface area (Å²) in [7, 11) is 3.75. The molecule has 3 aromatic rings. The summed E-state index contributed by atoms with van der Waals surface area (Å²) in [4.78, 5) is 38.9. The van der Waals surface area contributed by atoms with Crippen molar-refractivity contribution in [2.75, 3.05) is 32.5 Å². The third-order valence-electron chi connectivity index (χ3n) is 5.47. The summed E-state index contributed by atoms with van der Waals surface area (Å²) in [6, 6.07) is 9.59. The van der Waals surface area contributed by atoms with E-state index >= 15 is 0 Å². The molecular weight excluding hydrogens is 447 g/mol. The highest BCUT2D eigenvalue weighted by molar-refractivity contribution is 5.78. The molecule has 35 heavy (non-hydrogen) atoms. The Hall–Kier alpha value is -3.72. The largest absolute Gasteiger partial charge is 0.342 e. The van der Waals surface area contributed by atoms with Gasteiger partial charge >= 0.3 is 0 Å². The number of hydrogen-bond acceptors (Lipinski definition) is 7. The molecule has 1 saturated heterocycles. The van der Waals surface area contributed by atoms with Gasteiger partial charge in [0.05, 0.1) is 5.69 Å². The van der Waals surface area contributed by atoms with Crippen LogP contribution >= 0.6 is 0 Å². The van der Waals surface area contributed by atoms with Crippen molar-refractivity contribution in [1.82, 2.24) is 25.2 Å². The fraction of sp³-hybridized carbons (Fsp3) is 0.346. The van der Waals surface area contributed by atoms with Gasteiger partial charge in [0.1, 0.15) is 17.5 Å². The summed E-state index contributed by atoms with van der Waals surface area (Å²) in [6.45, 7) is 3.15. The average Bonchev–Trinajstić information content (AvgIpc) is 2.88. The number of aldehydes is 1. The molecule has 9 heteroatoms. The molecule has 0 spiro atoms. The standard InChI is InChI=1S/C24H24FN5O2.C2H7N/c1-2-23(32)30-8-4-5-17(14-30)24-28-21(18-9-16(15-31)12-26-13-18)11-22(29-24)27-20-7-3-6-19(25)10-20;1-3-2/h3,6-7,9-13,15,17H,2,4-5,8,14H2,1H3,(H,27,28,29);3H,1-2H3. The third kappa shape index (κ3) is 7.13. The Labute approximate surface area is 205 Å². The van der Waals surface area contributed by atoms with Crippen LogP contribution in [0.4, 0.5) is 15.9 Å². The first-order chi connectivity index (χ1) is 17.0. The molecule has 184 valence electrons. The predicted molar refractivity (Wildman–Crippen MR) is 134 cm³/mol. The van der Waals surface area contributed by atoms with Crippen LogP contribution in [0.2, 0.25) is 0 Å². The molecule has 0 aliphatic carbocycles. The monoisotopic (exact) mass is 478 g/mol. The minimum Gasteiger partial charge on any atom is -0.342 e. The Kier molecular flexibility index (Phi) is 9.37. The fourth-order valence-corrected chi connectivity index (χ4v) is 3.87. The number of anilines is 2. The molecule has 2 aromatic heterocycles. The molecule has 8 nitrogen and oxygen atoms in total. The zero-order valence-electron chi connectivity index (χ0n) is 20.3. The van der Waals surface area contributed by atoms with Crippen molar-refractivity contribution in [3.05, 3.63) is 66.0 Å². The number of nitrogens with one attached hydrogen (secondary N) is 2. The van der Waals surface area contributed by atoms with E-state index in [4.69, 9.17) is 9.97 Å². The van der Waals surface area contributed by atoms with Crippen LogP contribution in [0.15, 0.2) is 48.8 Å². The van der Waals surface area contributed by atoms with E-state index < -0.39 is 0 Å². The minimum absolute atomic E-state index is 0.0190. The number of likely N-dealkylation sites (tertiary alicyclic amines) is 1. The van der Waals surface area contributed by atoms with Gasteiger partial charge in [-0.1, -0.05) is 13.0 Å². The van der Waals surface area contributed by atoms with Crippen LogP contribution in [0.25, 0.3) is 11.3 Å². The van der Waals surface area contributed by atoms with Crippen LogP contribution in [-0.2, 0) is 4.79 Å². The maximum absolute atomic E-state index is 13.7. The van der Waals surface area contributed by atoms with Crippen molar-refractivity contribution < 1.29 is 14.0 Å². The molecule has 3 heterocycles. The van der Waals surface area contributed by atoms with Gasteiger partial charge in [0.15, 0.2) is 6.29 Å². The number of piperidine rings is 1. The van der Waals surface area contributed by atoms with Crippen LogP contribution in [-0.4, -0.2) is 59.2 Å². The maximum atomic E-state index is 13.7. The number of nitrogens with zero attached hydrogens (tertiary/aromatic N) is 4. The van der Waals surface area contributed by atoms with E-state index in [1.807, 2.05) is 25.9 Å². The number of pyridine rings is 1. The SMILES string of the molecule is CCC(=O)N1CCCC(c2nc(Nc3cccc(F)c3)cc(-c3cncc(C=O)c3)n2)C1.CNC. The Morgan fingerprint density at radius 1 is 1.20 bits per heavy atom. The summed E-state index contributed by atoms with van der Waals surface area (Å²) >= 11 is 0. The second-order valence-electron chi connectivity index (χ2n) is 8.29. The van der Waals surface area contributed by atoms with Crippen LogP contribution in [0, 0.1) is 5.82 Å². The fourth-order valence-electron chi connectivity index (χ4n) is 3.87. The van der Waals surface area contributed by atoms with E-state index in [1.54, 1.807) is 30.5 Å². The molecule has 1 unspecified atom stereocenters. The van der Waals surface area contributed by atoms with Gasteiger partial charge < -0.3 is 15.5 Å². The number of carbonyl (C=O) groups is 2. The average molecular weight is 479 g/mol. The third-order valence-corrected chi connectivity index (χ3v) is 5.47. The van der Waals surface area contributed by atoms with Gasteiger partial charge in [0.2, 0.25) is 5.91 Å². The van der Waals surface area contributed by atoms with E-state index in [9.17, 15) is 14.0 Å². The summed E-state index contributed by atoms with van der Waals surface area (Å²) < 4.78 is 13.7. The molecular formula is C26H31FN6O2. The van der Waals surface area contributed by atoms with Crippen molar-refractivity contribution >= 4 is 23.7 Å². The lowest BCUT2D eigenvalue weighted by atomic mass is 9.96. The number of aromatic nitrogens is 3. The van der Waals surface area contributed by atoms with Crippen LogP contribution < -0.4 is 10.6 Å². The first kappa shape index (κ1) is 25.9. The molecule has 1 amide bonds. The van der Waals surface area contributed by atoms with Crippen LogP contribution in [0.3, 0.4) is 0 Å². The summed E-state index contributed by atoms with van der Waals surface area (Å²) in [5.74, 6) is 0.854. The minimum atomic E-state index is -0.353. The Morgan fingerprint density at radius 2 is 2.00 bits per heavy atom. The highest BCUT2D eigenvalue weighted by Crippen LogP contribution is 2.29. The number of benzene rings is 1. The quantitative estimate of drug-likeness (QED) is 0.513. The van der Waals surface area contributed by atoms with Gasteiger partial charge in [-0.2, -0.15) is 0 Å². The van der Waals surface area contributed by atoms with Crippen molar-refractivity contribution in [3.8, 4) is 11.3 Å². The predicted octanol–water partition coefficient (Wildman–Crippen LogP) is 4.19. The number of rotatable bonds is 6. The molecule has 0 bridgehead atoms. The van der Waals surface area contributed by atoms with Gasteiger partial charge in [-0.25, -0.2) is 14.4 Å². The molecule has 1 fully saturated rings. The summed E-state index contributed by atoms with van der Waals surface area (Å²) in [5.41, 5.74) is 2.29. The molecule has 0 saturated carbocycles.